The molecular weight excluding hydrogens is 310 g/mol. The zero-order valence-electron chi connectivity index (χ0n) is 16.3. The molecule has 1 fully saturated rings. The van der Waals surface area contributed by atoms with Crippen LogP contribution in [0, 0.1) is 5.92 Å². The Hall–Kier alpha value is -1.55. The molecule has 4 heteroatoms. The molecule has 1 N–H and O–H groups in total. The standard InChI is InChI=1S/C21H35N3O/c1-4-18-6-8-19(9-7-18)10-14-23-21(22-5-2)24(3)15-11-20-12-16-25-17-13-20/h6-9,20H,4-5,10-17H2,1-3H3,(H,22,23). The Balaban J connectivity index is 1.80. The van der Waals surface area contributed by atoms with Crippen molar-refractivity contribution in [3.63, 3.8) is 0 Å². The van der Waals surface area contributed by atoms with Crippen LogP contribution < -0.4 is 5.32 Å². The first kappa shape index (κ1) is 19.8. The van der Waals surface area contributed by atoms with Crippen LogP contribution in [-0.4, -0.2) is 50.8 Å². The summed E-state index contributed by atoms with van der Waals surface area (Å²) in [6, 6.07) is 8.92. The van der Waals surface area contributed by atoms with Gasteiger partial charge in [0.15, 0.2) is 5.96 Å². The smallest absolute Gasteiger partial charge is 0.193 e. The Morgan fingerprint density at radius 3 is 2.48 bits per heavy atom. The Morgan fingerprint density at radius 2 is 1.84 bits per heavy atom. The largest absolute Gasteiger partial charge is 0.381 e. The van der Waals surface area contributed by atoms with Crippen LogP contribution in [-0.2, 0) is 17.6 Å². The average molecular weight is 346 g/mol. The maximum absolute atomic E-state index is 5.45. The van der Waals surface area contributed by atoms with Crippen LogP contribution >= 0.6 is 0 Å². The molecule has 1 aliphatic rings. The van der Waals surface area contributed by atoms with E-state index in [9.17, 15) is 0 Å². The van der Waals surface area contributed by atoms with Crippen molar-refractivity contribution in [3.8, 4) is 0 Å². The van der Waals surface area contributed by atoms with E-state index >= 15 is 0 Å². The van der Waals surface area contributed by atoms with Gasteiger partial charge in [-0.1, -0.05) is 31.2 Å². The van der Waals surface area contributed by atoms with Crippen LogP contribution in [0.25, 0.3) is 0 Å². The highest BCUT2D eigenvalue weighted by Gasteiger charge is 2.15. The van der Waals surface area contributed by atoms with Gasteiger partial charge in [-0.2, -0.15) is 0 Å². The molecule has 0 aromatic heterocycles. The van der Waals surface area contributed by atoms with Crippen molar-refractivity contribution in [3.05, 3.63) is 35.4 Å². The molecule has 0 unspecified atom stereocenters. The summed E-state index contributed by atoms with van der Waals surface area (Å²) in [5.74, 6) is 1.83. The molecule has 0 bridgehead atoms. The predicted molar refractivity (Wildman–Crippen MR) is 106 cm³/mol. The van der Waals surface area contributed by atoms with Crippen molar-refractivity contribution in [2.75, 3.05) is 39.9 Å². The van der Waals surface area contributed by atoms with Crippen LogP contribution in [0.5, 0.6) is 0 Å². The molecule has 1 aromatic rings. The van der Waals surface area contributed by atoms with Crippen molar-refractivity contribution in [1.82, 2.24) is 10.2 Å². The molecule has 0 spiro atoms. The minimum atomic E-state index is 0.802. The molecule has 4 nitrogen and oxygen atoms in total. The van der Waals surface area contributed by atoms with E-state index < -0.39 is 0 Å². The van der Waals surface area contributed by atoms with Crippen LogP contribution in [0.15, 0.2) is 29.3 Å². The lowest BCUT2D eigenvalue weighted by atomic mass is 9.96. The molecule has 25 heavy (non-hydrogen) atoms. The summed E-state index contributed by atoms with van der Waals surface area (Å²) in [4.78, 5) is 7.10. The molecule has 1 aromatic carbocycles. The molecule has 1 saturated heterocycles. The van der Waals surface area contributed by atoms with E-state index in [0.29, 0.717) is 0 Å². The van der Waals surface area contributed by atoms with E-state index in [4.69, 9.17) is 9.73 Å². The maximum atomic E-state index is 5.45. The number of aliphatic imine (C=N–C) groups is 1. The molecule has 0 atom stereocenters. The quantitative estimate of drug-likeness (QED) is 0.579. The number of ether oxygens (including phenoxy) is 1. The third kappa shape index (κ3) is 7.07. The van der Waals surface area contributed by atoms with E-state index in [0.717, 1.165) is 57.6 Å². The number of nitrogens with one attached hydrogen (secondary N) is 1. The minimum Gasteiger partial charge on any atom is -0.381 e. The first-order valence-electron chi connectivity index (χ1n) is 9.88. The van der Waals surface area contributed by atoms with Gasteiger partial charge in [-0.3, -0.25) is 4.99 Å². The Morgan fingerprint density at radius 1 is 1.16 bits per heavy atom. The van der Waals surface area contributed by atoms with Crippen molar-refractivity contribution >= 4 is 5.96 Å². The number of rotatable bonds is 8. The van der Waals surface area contributed by atoms with Gasteiger partial charge in [0, 0.05) is 39.9 Å². The van der Waals surface area contributed by atoms with Crippen LogP contribution in [0.1, 0.15) is 44.2 Å². The summed E-state index contributed by atoms with van der Waals surface area (Å²) in [7, 11) is 2.15. The van der Waals surface area contributed by atoms with Gasteiger partial charge in [0.25, 0.3) is 0 Å². The summed E-state index contributed by atoms with van der Waals surface area (Å²) in [6.07, 6.45) is 5.72. The van der Waals surface area contributed by atoms with Gasteiger partial charge in [-0.15, -0.1) is 0 Å². The fraction of sp³-hybridized carbons (Fsp3) is 0.667. The normalized spacial score (nSPS) is 16.0. The molecule has 0 saturated carbocycles. The fourth-order valence-corrected chi connectivity index (χ4v) is 3.22. The molecule has 0 aliphatic carbocycles. The topological polar surface area (TPSA) is 36.9 Å². The number of nitrogens with zero attached hydrogens (tertiary/aromatic N) is 2. The molecule has 1 heterocycles. The van der Waals surface area contributed by atoms with Gasteiger partial charge in [-0.05, 0) is 56.1 Å². The number of aryl methyl sites for hydroxylation is 1. The zero-order valence-corrected chi connectivity index (χ0v) is 16.3. The molecule has 0 amide bonds. The van der Waals surface area contributed by atoms with Gasteiger partial charge in [0.2, 0.25) is 0 Å². The van der Waals surface area contributed by atoms with Gasteiger partial charge in [0.05, 0.1) is 0 Å². The zero-order chi connectivity index (χ0) is 17.9. The third-order valence-corrected chi connectivity index (χ3v) is 5.00. The Labute approximate surface area is 153 Å². The second-order valence-corrected chi connectivity index (χ2v) is 6.92. The van der Waals surface area contributed by atoms with Crippen molar-refractivity contribution in [1.29, 1.82) is 0 Å². The summed E-state index contributed by atoms with van der Waals surface area (Å²) in [5.41, 5.74) is 2.76. The lowest BCUT2D eigenvalue weighted by Gasteiger charge is -2.26. The first-order valence-corrected chi connectivity index (χ1v) is 9.88. The van der Waals surface area contributed by atoms with Crippen LogP contribution in [0.3, 0.4) is 0 Å². The maximum Gasteiger partial charge on any atom is 0.193 e. The summed E-state index contributed by atoms with van der Waals surface area (Å²) in [5, 5.41) is 3.43. The van der Waals surface area contributed by atoms with Gasteiger partial charge in [-0.25, -0.2) is 0 Å². The monoisotopic (exact) mass is 345 g/mol. The fourth-order valence-electron chi connectivity index (χ4n) is 3.22. The molecule has 140 valence electrons. The summed E-state index contributed by atoms with van der Waals surface area (Å²) >= 11 is 0. The molecule has 0 radical (unpaired) electrons. The number of hydrogen-bond donors (Lipinski definition) is 1. The van der Waals surface area contributed by atoms with Crippen molar-refractivity contribution in [2.24, 2.45) is 10.9 Å². The van der Waals surface area contributed by atoms with Crippen LogP contribution in [0.4, 0.5) is 0 Å². The highest BCUT2D eigenvalue weighted by Crippen LogP contribution is 2.18. The summed E-state index contributed by atoms with van der Waals surface area (Å²) in [6.45, 7) is 8.98. The molecule has 2 rings (SSSR count). The Bertz CT molecular complexity index is 506. The van der Waals surface area contributed by atoms with Gasteiger partial charge < -0.3 is 15.0 Å². The lowest BCUT2D eigenvalue weighted by Crippen LogP contribution is -2.40. The number of hydrogen-bond acceptors (Lipinski definition) is 2. The number of guanidine groups is 1. The molecular formula is C21H35N3O. The van der Waals surface area contributed by atoms with Gasteiger partial charge >= 0.3 is 0 Å². The highest BCUT2D eigenvalue weighted by atomic mass is 16.5. The highest BCUT2D eigenvalue weighted by molar-refractivity contribution is 5.79. The molecule has 1 aliphatic heterocycles. The van der Waals surface area contributed by atoms with E-state index in [-0.39, 0.29) is 0 Å². The first-order chi connectivity index (χ1) is 12.2. The SMILES string of the molecule is CCNC(=NCCc1ccc(CC)cc1)N(C)CCC1CCOCC1. The van der Waals surface area contributed by atoms with E-state index in [2.05, 4.69) is 55.4 Å². The summed E-state index contributed by atoms with van der Waals surface area (Å²) < 4.78 is 5.45. The minimum absolute atomic E-state index is 0.802. The van der Waals surface area contributed by atoms with E-state index in [1.807, 2.05) is 0 Å². The van der Waals surface area contributed by atoms with Crippen molar-refractivity contribution in [2.45, 2.75) is 46.0 Å². The predicted octanol–water partition coefficient (Wildman–Crippen LogP) is 3.51. The average Bonchev–Trinajstić information content (AvgIpc) is 2.67. The van der Waals surface area contributed by atoms with E-state index in [1.165, 1.54) is 30.4 Å². The third-order valence-electron chi connectivity index (χ3n) is 5.00. The van der Waals surface area contributed by atoms with Crippen molar-refractivity contribution < 1.29 is 4.74 Å². The number of benzene rings is 1. The van der Waals surface area contributed by atoms with Crippen LogP contribution in [0.2, 0.25) is 0 Å². The van der Waals surface area contributed by atoms with E-state index in [1.54, 1.807) is 0 Å². The Kier molecular flexibility index (Phi) is 8.81. The van der Waals surface area contributed by atoms with Gasteiger partial charge in [0.1, 0.15) is 0 Å². The second-order valence-electron chi connectivity index (χ2n) is 6.92. The second kappa shape index (κ2) is 11.1. The lowest BCUT2D eigenvalue weighted by molar-refractivity contribution is 0.0625.